The Hall–Kier alpha value is -3.15. The molecule has 7 nitrogen and oxygen atoms in total. The van der Waals surface area contributed by atoms with Crippen LogP contribution < -0.4 is 15.1 Å². The minimum Gasteiger partial charge on any atom is -0.324 e. The molecular weight excluding hydrogens is 632 g/mol. The zero-order valence-electron chi connectivity index (χ0n) is 20.6. The van der Waals surface area contributed by atoms with Crippen LogP contribution in [0.1, 0.15) is 16.4 Å². The summed E-state index contributed by atoms with van der Waals surface area (Å²) in [5.41, 5.74) is 1.36. The van der Waals surface area contributed by atoms with E-state index in [-0.39, 0.29) is 17.3 Å². The highest BCUT2D eigenvalue weighted by atomic mass is 35.5. The average Bonchev–Trinajstić information content (AvgIpc) is 3.38. The third-order valence-corrected chi connectivity index (χ3v) is 10.5. The second-order valence-electron chi connectivity index (χ2n) is 9.38. The summed E-state index contributed by atoms with van der Waals surface area (Å²) in [6.45, 7) is -0.327. The van der Waals surface area contributed by atoms with Crippen LogP contribution in [0.5, 0.6) is 0 Å². The van der Waals surface area contributed by atoms with Crippen molar-refractivity contribution in [2.45, 2.75) is 22.7 Å². The molecule has 2 unspecified atom stereocenters. The number of thioether (sulfide) groups is 1. The molecule has 6 rings (SSSR count). The minimum absolute atomic E-state index is 0.257. The van der Waals surface area contributed by atoms with E-state index in [0.717, 1.165) is 28.0 Å². The lowest BCUT2D eigenvalue weighted by Gasteiger charge is -2.30. The molecule has 1 fully saturated rings. The van der Waals surface area contributed by atoms with Crippen LogP contribution in [0.25, 0.3) is 0 Å². The summed E-state index contributed by atoms with van der Waals surface area (Å²) in [6, 6.07) is 16.6. The maximum atomic E-state index is 13.8. The number of fused-ring (bicyclic) bond motifs is 2. The Morgan fingerprint density at radius 1 is 0.902 bits per heavy atom. The van der Waals surface area contributed by atoms with Gasteiger partial charge in [0, 0.05) is 21.5 Å². The van der Waals surface area contributed by atoms with Gasteiger partial charge in [-0.3, -0.25) is 23.7 Å². The number of halogens is 4. The number of amides is 3. The molecule has 2 aliphatic rings. The Morgan fingerprint density at radius 3 is 2.29 bits per heavy atom. The van der Waals surface area contributed by atoms with Crippen molar-refractivity contribution < 1.29 is 18.8 Å². The lowest BCUT2D eigenvalue weighted by molar-refractivity contribution is -0.122. The first-order valence-electron chi connectivity index (χ1n) is 12.2. The SMILES string of the molecule is O=C(Cn1c2c(sc1=O)[C@H](c1ccc(Cl)cc1)C1C(=O)N(c3ccc(F)cc3)C(=O)C1S2)Nc1ccc(Cl)c(Cl)c1. The fraction of sp³-hybridized carbons (Fsp3) is 0.143. The summed E-state index contributed by atoms with van der Waals surface area (Å²) in [5, 5.41) is 3.35. The second kappa shape index (κ2) is 10.9. The van der Waals surface area contributed by atoms with E-state index in [2.05, 4.69) is 5.32 Å². The molecule has 0 saturated carbocycles. The van der Waals surface area contributed by atoms with E-state index in [1.54, 1.807) is 36.4 Å². The molecule has 3 aromatic carbocycles. The molecule has 0 aliphatic carbocycles. The predicted octanol–water partition coefficient (Wildman–Crippen LogP) is 6.44. The van der Waals surface area contributed by atoms with Crippen LogP contribution in [0.3, 0.4) is 0 Å². The van der Waals surface area contributed by atoms with Gasteiger partial charge in [0.15, 0.2) is 0 Å². The van der Waals surface area contributed by atoms with Gasteiger partial charge in [0.2, 0.25) is 17.7 Å². The van der Waals surface area contributed by atoms with E-state index in [1.807, 2.05) is 0 Å². The molecule has 1 aromatic heterocycles. The van der Waals surface area contributed by atoms with Crippen molar-refractivity contribution in [3.8, 4) is 0 Å². The van der Waals surface area contributed by atoms with Gasteiger partial charge in [-0.05, 0) is 60.2 Å². The topological polar surface area (TPSA) is 88.5 Å². The van der Waals surface area contributed by atoms with E-state index >= 15 is 0 Å². The number of carbonyl (C=O) groups is 3. The standard InChI is InChI=1S/C28H17Cl3FN3O4S2/c29-14-3-1-13(2-4-14)21-22-23(26(38)35(25(22)37)17-8-5-15(32)6-9-17)40-27-24(21)41-28(39)34(27)12-20(36)33-16-7-10-18(30)19(31)11-16/h1-11,21-23H,12H2,(H,33,36)/t21-,22?,23?/m1/s1. The van der Waals surface area contributed by atoms with Crippen molar-refractivity contribution in [1.29, 1.82) is 0 Å². The molecule has 13 heteroatoms. The number of rotatable bonds is 5. The van der Waals surface area contributed by atoms with Crippen LogP contribution in [-0.2, 0) is 20.9 Å². The van der Waals surface area contributed by atoms with E-state index in [4.69, 9.17) is 34.8 Å². The van der Waals surface area contributed by atoms with Crippen LogP contribution in [0.2, 0.25) is 15.1 Å². The van der Waals surface area contributed by atoms with Gasteiger partial charge in [0.1, 0.15) is 17.6 Å². The van der Waals surface area contributed by atoms with Crippen molar-refractivity contribution >= 4 is 87.0 Å². The van der Waals surface area contributed by atoms with Gasteiger partial charge >= 0.3 is 4.87 Å². The Balaban J connectivity index is 1.40. The summed E-state index contributed by atoms with van der Waals surface area (Å²) in [7, 11) is 0. The van der Waals surface area contributed by atoms with Crippen molar-refractivity contribution in [2.75, 3.05) is 10.2 Å². The maximum absolute atomic E-state index is 13.8. The number of hydrogen-bond donors (Lipinski definition) is 1. The molecule has 3 amide bonds. The van der Waals surface area contributed by atoms with Crippen LogP contribution >= 0.6 is 57.9 Å². The molecule has 4 aromatic rings. The highest BCUT2D eigenvalue weighted by molar-refractivity contribution is 8.00. The van der Waals surface area contributed by atoms with Gasteiger partial charge in [-0.2, -0.15) is 0 Å². The highest BCUT2D eigenvalue weighted by Crippen LogP contribution is 2.54. The van der Waals surface area contributed by atoms with E-state index in [9.17, 15) is 23.6 Å². The van der Waals surface area contributed by atoms with E-state index < -0.39 is 45.5 Å². The Bertz CT molecular complexity index is 1780. The number of nitrogens with zero attached hydrogens (tertiary/aromatic N) is 2. The van der Waals surface area contributed by atoms with Gasteiger partial charge in [0.05, 0.1) is 26.7 Å². The molecule has 41 heavy (non-hydrogen) atoms. The zero-order valence-corrected chi connectivity index (χ0v) is 24.5. The quantitative estimate of drug-likeness (QED) is 0.252. The first-order valence-corrected chi connectivity index (χ1v) is 15.0. The smallest absolute Gasteiger partial charge is 0.308 e. The maximum Gasteiger partial charge on any atom is 0.308 e. The lowest BCUT2D eigenvalue weighted by atomic mass is 9.83. The predicted molar refractivity (Wildman–Crippen MR) is 159 cm³/mol. The normalized spacial score (nSPS) is 19.7. The fourth-order valence-electron chi connectivity index (χ4n) is 5.05. The number of thiazole rings is 1. The van der Waals surface area contributed by atoms with Crippen LogP contribution in [0, 0.1) is 11.7 Å². The van der Waals surface area contributed by atoms with Crippen LogP contribution in [-0.4, -0.2) is 27.5 Å². The minimum atomic E-state index is -0.876. The largest absolute Gasteiger partial charge is 0.324 e. The van der Waals surface area contributed by atoms with Crippen molar-refractivity contribution in [3.05, 3.63) is 108 Å². The molecule has 0 radical (unpaired) electrons. The first-order chi connectivity index (χ1) is 19.6. The van der Waals surface area contributed by atoms with Crippen molar-refractivity contribution in [1.82, 2.24) is 4.57 Å². The van der Waals surface area contributed by atoms with Gasteiger partial charge < -0.3 is 5.32 Å². The number of nitrogens with one attached hydrogen (secondary N) is 1. The van der Waals surface area contributed by atoms with Crippen LogP contribution in [0.15, 0.2) is 76.6 Å². The molecule has 1 saturated heterocycles. The highest BCUT2D eigenvalue weighted by Gasteiger charge is 2.56. The van der Waals surface area contributed by atoms with Crippen molar-refractivity contribution in [2.24, 2.45) is 5.92 Å². The second-order valence-corrected chi connectivity index (χ2v) is 12.8. The van der Waals surface area contributed by atoms with E-state index in [0.29, 0.717) is 31.2 Å². The first kappa shape index (κ1) is 28.0. The molecule has 3 heterocycles. The number of hydrogen-bond acceptors (Lipinski definition) is 6. The van der Waals surface area contributed by atoms with Gasteiger partial charge in [-0.15, -0.1) is 0 Å². The summed E-state index contributed by atoms with van der Waals surface area (Å²) >= 11 is 20.2. The summed E-state index contributed by atoms with van der Waals surface area (Å²) < 4.78 is 14.9. The Kier molecular flexibility index (Phi) is 7.46. The molecule has 3 atom stereocenters. The molecule has 208 valence electrons. The number of anilines is 2. The molecule has 0 bridgehead atoms. The molecule has 0 spiro atoms. The fourth-order valence-corrected chi connectivity index (χ4v) is 8.24. The van der Waals surface area contributed by atoms with Crippen LogP contribution in [0.4, 0.5) is 15.8 Å². The lowest BCUT2D eigenvalue weighted by Crippen LogP contribution is -2.33. The number of benzene rings is 3. The Morgan fingerprint density at radius 2 is 1.61 bits per heavy atom. The summed E-state index contributed by atoms with van der Waals surface area (Å²) in [5.74, 6) is -3.39. The average molecular weight is 649 g/mol. The monoisotopic (exact) mass is 647 g/mol. The van der Waals surface area contributed by atoms with Gasteiger partial charge in [0.25, 0.3) is 0 Å². The van der Waals surface area contributed by atoms with Gasteiger partial charge in [-0.25, -0.2) is 9.29 Å². The molecule has 1 N–H and O–H groups in total. The zero-order chi connectivity index (χ0) is 29.0. The summed E-state index contributed by atoms with van der Waals surface area (Å²) in [4.78, 5) is 55.0. The third kappa shape index (κ3) is 5.08. The van der Waals surface area contributed by atoms with Gasteiger partial charge in [-0.1, -0.05) is 70.0 Å². The number of aromatic nitrogens is 1. The molecular formula is C28H17Cl3FN3O4S2. The number of imide groups is 1. The third-order valence-electron chi connectivity index (χ3n) is 6.87. The summed E-state index contributed by atoms with van der Waals surface area (Å²) in [6.07, 6.45) is 0. The number of carbonyl (C=O) groups excluding carboxylic acids is 3. The van der Waals surface area contributed by atoms with E-state index in [1.165, 1.54) is 34.9 Å². The molecule has 2 aliphatic heterocycles. The van der Waals surface area contributed by atoms with Crippen molar-refractivity contribution in [3.63, 3.8) is 0 Å². The Labute approximate surface area is 255 Å².